The van der Waals surface area contributed by atoms with E-state index in [1.807, 2.05) is 6.92 Å². The zero-order valence-electron chi connectivity index (χ0n) is 14.7. The predicted octanol–water partition coefficient (Wildman–Crippen LogP) is 3.07. The first-order valence-electron chi connectivity index (χ1n) is 8.15. The Balaban J connectivity index is 2.40. The first kappa shape index (κ1) is 18.5. The Hall–Kier alpha value is -0.560. The Morgan fingerprint density at radius 2 is 1.76 bits per heavy atom. The van der Waals surface area contributed by atoms with Crippen LogP contribution in [0.15, 0.2) is 0 Å². The van der Waals surface area contributed by atoms with Crippen LogP contribution in [-0.4, -0.2) is 46.9 Å². The standard InChI is InChI=1S/C18H33NO2/c1-7-8-15(2)9-11-21-12-10-19-17(3,4)13-16(20)14-18(19,5)6/h15-16,20H,9-14H2,1-6H3. The lowest BCUT2D eigenvalue weighted by Crippen LogP contribution is -2.62. The molecule has 1 fully saturated rings. The predicted molar refractivity (Wildman–Crippen MR) is 88.2 cm³/mol. The molecular formula is C18H33NO2. The molecule has 0 bridgehead atoms. The van der Waals surface area contributed by atoms with Gasteiger partial charge in [0.1, 0.15) is 0 Å². The van der Waals surface area contributed by atoms with Gasteiger partial charge in [0.25, 0.3) is 0 Å². The van der Waals surface area contributed by atoms with Gasteiger partial charge in [0.2, 0.25) is 0 Å². The fourth-order valence-corrected chi connectivity index (χ4v) is 3.71. The highest BCUT2D eigenvalue weighted by Crippen LogP contribution is 2.37. The lowest BCUT2D eigenvalue weighted by Gasteiger charge is -2.54. The molecule has 1 aliphatic heterocycles. The first-order chi connectivity index (χ1) is 9.69. The van der Waals surface area contributed by atoms with Crippen LogP contribution in [0.25, 0.3) is 0 Å². The average molecular weight is 295 g/mol. The number of likely N-dealkylation sites (tertiary alicyclic amines) is 1. The van der Waals surface area contributed by atoms with Crippen LogP contribution in [-0.2, 0) is 4.74 Å². The first-order valence-corrected chi connectivity index (χ1v) is 8.15. The highest BCUT2D eigenvalue weighted by Gasteiger charge is 2.44. The van der Waals surface area contributed by atoms with Crippen molar-refractivity contribution in [1.82, 2.24) is 4.90 Å². The topological polar surface area (TPSA) is 32.7 Å². The van der Waals surface area contributed by atoms with E-state index in [0.717, 1.165) is 39.0 Å². The van der Waals surface area contributed by atoms with E-state index in [1.165, 1.54) is 0 Å². The van der Waals surface area contributed by atoms with E-state index in [2.05, 4.69) is 51.4 Å². The zero-order valence-corrected chi connectivity index (χ0v) is 14.7. The summed E-state index contributed by atoms with van der Waals surface area (Å²) in [6.07, 6.45) is 2.46. The van der Waals surface area contributed by atoms with E-state index in [1.54, 1.807) is 0 Å². The molecule has 0 aromatic rings. The van der Waals surface area contributed by atoms with Crippen molar-refractivity contribution in [2.45, 2.75) is 78.0 Å². The molecule has 1 unspecified atom stereocenters. The number of hydrogen-bond acceptors (Lipinski definition) is 3. The van der Waals surface area contributed by atoms with Gasteiger partial charge in [-0.2, -0.15) is 0 Å². The van der Waals surface area contributed by atoms with Gasteiger partial charge in [0, 0.05) is 30.1 Å². The van der Waals surface area contributed by atoms with Gasteiger partial charge in [-0.05, 0) is 53.9 Å². The summed E-state index contributed by atoms with van der Waals surface area (Å²) in [7, 11) is 0. The second kappa shape index (κ2) is 7.63. The van der Waals surface area contributed by atoms with Gasteiger partial charge in [0.15, 0.2) is 0 Å². The molecule has 0 aromatic carbocycles. The molecule has 3 nitrogen and oxygen atoms in total. The van der Waals surface area contributed by atoms with Crippen LogP contribution >= 0.6 is 0 Å². The molecular weight excluding hydrogens is 262 g/mol. The smallest absolute Gasteiger partial charge is 0.0593 e. The highest BCUT2D eigenvalue weighted by molar-refractivity contribution is 5.00. The van der Waals surface area contributed by atoms with Gasteiger partial charge < -0.3 is 9.84 Å². The highest BCUT2D eigenvalue weighted by atomic mass is 16.5. The Kier molecular flexibility index (Phi) is 6.71. The summed E-state index contributed by atoms with van der Waals surface area (Å²) in [5.41, 5.74) is 0.0387. The van der Waals surface area contributed by atoms with Crippen LogP contribution in [0.2, 0.25) is 0 Å². The lowest BCUT2D eigenvalue weighted by atomic mass is 9.78. The van der Waals surface area contributed by atoms with Crippen LogP contribution in [0.1, 0.15) is 60.8 Å². The molecule has 0 saturated carbocycles. The van der Waals surface area contributed by atoms with Crippen molar-refractivity contribution >= 4 is 0 Å². The van der Waals surface area contributed by atoms with Crippen molar-refractivity contribution in [3.63, 3.8) is 0 Å². The van der Waals surface area contributed by atoms with Crippen molar-refractivity contribution in [3.8, 4) is 11.8 Å². The van der Waals surface area contributed by atoms with E-state index in [4.69, 9.17) is 4.74 Å². The summed E-state index contributed by atoms with van der Waals surface area (Å²) in [5, 5.41) is 10.0. The molecule has 1 atom stereocenters. The number of piperidine rings is 1. The second-order valence-corrected chi connectivity index (χ2v) is 7.54. The maximum absolute atomic E-state index is 10.0. The Morgan fingerprint density at radius 1 is 1.19 bits per heavy atom. The van der Waals surface area contributed by atoms with Crippen molar-refractivity contribution in [1.29, 1.82) is 0 Å². The van der Waals surface area contributed by atoms with Crippen molar-refractivity contribution in [3.05, 3.63) is 0 Å². The molecule has 0 aromatic heterocycles. The van der Waals surface area contributed by atoms with E-state index >= 15 is 0 Å². The van der Waals surface area contributed by atoms with E-state index in [9.17, 15) is 5.11 Å². The minimum absolute atomic E-state index is 0.0193. The maximum atomic E-state index is 10.0. The largest absolute Gasteiger partial charge is 0.393 e. The molecule has 1 heterocycles. The average Bonchev–Trinajstić information content (AvgIpc) is 2.30. The summed E-state index contributed by atoms with van der Waals surface area (Å²) in [4.78, 5) is 2.49. The van der Waals surface area contributed by atoms with Gasteiger partial charge in [-0.25, -0.2) is 0 Å². The minimum Gasteiger partial charge on any atom is -0.393 e. The number of hydrogen-bond donors (Lipinski definition) is 1. The number of ether oxygens (including phenoxy) is 1. The zero-order chi connectivity index (χ0) is 16.1. The molecule has 3 heteroatoms. The molecule has 1 aliphatic rings. The summed E-state index contributed by atoms with van der Waals surface area (Å²) in [6.45, 7) is 15.3. The van der Waals surface area contributed by atoms with Crippen molar-refractivity contribution in [2.75, 3.05) is 19.8 Å². The Labute approximate surface area is 131 Å². The summed E-state index contributed by atoms with van der Waals surface area (Å²) >= 11 is 0. The summed E-state index contributed by atoms with van der Waals surface area (Å²) in [6, 6.07) is 0. The molecule has 0 radical (unpaired) electrons. The van der Waals surface area contributed by atoms with Crippen LogP contribution < -0.4 is 0 Å². The van der Waals surface area contributed by atoms with Gasteiger partial charge >= 0.3 is 0 Å². The number of rotatable bonds is 6. The minimum atomic E-state index is -0.194. The number of aliphatic hydroxyl groups is 1. The van der Waals surface area contributed by atoms with Crippen LogP contribution in [0.5, 0.6) is 0 Å². The van der Waals surface area contributed by atoms with Gasteiger partial charge in [-0.1, -0.05) is 6.92 Å². The van der Waals surface area contributed by atoms with Gasteiger partial charge in [-0.3, -0.25) is 4.90 Å². The van der Waals surface area contributed by atoms with Crippen LogP contribution in [0.4, 0.5) is 0 Å². The van der Waals surface area contributed by atoms with E-state index < -0.39 is 0 Å². The quantitative estimate of drug-likeness (QED) is 0.604. The third kappa shape index (κ3) is 5.62. The Morgan fingerprint density at radius 3 is 2.29 bits per heavy atom. The van der Waals surface area contributed by atoms with Gasteiger partial charge in [0.05, 0.1) is 12.7 Å². The molecule has 122 valence electrons. The molecule has 1 rings (SSSR count). The number of aliphatic hydroxyl groups excluding tert-OH is 1. The molecule has 1 N–H and O–H groups in total. The molecule has 0 aliphatic carbocycles. The second-order valence-electron chi connectivity index (χ2n) is 7.54. The van der Waals surface area contributed by atoms with E-state index in [-0.39, 0.29) is 17.2 Å². The normalized spacial score (nSPS) is 23.4. The molecule has 21 heavy (non-hydrogen) atoms. The molecule has 0 spiro atoms. The Bertz CT molecular complexity index is 360. The van der Waals surface area contributed by atoms with Gasteiger partial charge in [-0.15, -0.1) is 11.8 Å². The third-order valence-electron chi connectivity index (χ3n) is 4.48. The SMILES string of the molecule is CC#CC(C)CCOCCN1C(C)(C)CC(O)CC1(C)C. The number of nitrogens with zero attached hydrogens (tertiary/aromatic N) is 1. The maximum Gasteiger partial charge on any atom is 0.0593 e. The van der Waals surface area contributed by atoms with Crippen molar-refractivity contribution < 1.29 is 9.84 Å². The summed E-state index contributed by atoms with van der Waals surface area (Å²) < 4.78 is 5.79. The fraction of sp³-hybridized carbons (Fsp3) is 0.889. The van der Waals surface area contributed by atoms with Crippen LogP contribution in [0.3, 0.4) is 0 Å². The van der Waals surface area contributed by atoms with Crippen LogP contribution in [0, 0.1) is 17.8 Å². The summed E-state index contributed by atoms with van der Waals surface area (Å²) in [5.74, 6) is 6.51. The molecule has 1 saturated heterocycles. The van der Waals surface area contributed by atoms with E-state index in [0.29, 0.717) is 5.92 Å². The van der Waals surface area contributed by atoms with Crippen molar-refractivity contribution in [2.24, 2.45) is 5.92 Å². The third-order valence-corrected chi connectivity index (χ3v) is 4.48. The molecule has 0 amide bonds. The fourth-order valence-electron chi connectivity index (χ4n) is 3.71. The monoisotopic (exact) mass is 295 g/mol. The lowest BCUT2D eigenvalue weighted by molar-refractivity contribution is -0.0902.